The van der Waals surface area contributed by atoms with Crippen molar-refractivity contribution in [2.24, 2.45) is 11.3 Å². The molecule has 0 atom stereocenters. The van der Waals surface area contributed by atoms with Crippen LogP contribution >= 0.6 is 0 Å². The molecule has 2 amide bonds. The Bertz CT molecular complexity index is 552. The van der Waals surface area contributed by atoms with Crippen LogP contribution in [0, 0.1) is 11.3 Å². The van der Waals surface area contributed by atoms with Crippen LogP contribution in [0.2, 0.25) is 0 Å². The Morgan fingerprint density at radius 3 is 2.41 bits per heavy atom. The third-order valence-electron chi connectivity index (χ3n) is 4.12. The predicted octanol–water partition coefficient (Wildman–Crippen LogP) is 3.54. The summed E-state index contributed by atoms with van der Waals surface area (Å²) in [6.07, 6.45) is 2.12. The predicted molar refractivity (Wildman–Crippen MR) is 88.8 cm³/mol. The molecule has 1 fully saturated rings. The molecular weight excluding hydrogens is 276 g/mol. The number of nitrogens with one attached hydrogen (secondary N) is 1. The molecule has 2 rings (SSSR count). The van der Waals surface area contributed by atoms with Crippen molar-refractivity contribution in [3.05, 3.63) is 29.8 Å². The van der Waals surface area contributed by atoms with Crippen LogP contribution in [-0.4, -0.2) is 29.8 Å². The van der Waals surface area contributed by atoms with Crippen molar-refractivity contribution in [2.75, 3.05) is 18.4 Å². The van der Waals surface area contributed by atoms with Crippen LogP contribution in [0.3, 0.4) is 0 Å². The van der Waals surface area contributed by atoms with Gasteiger partial charge in [-0.1, -0.05) is 33.8 Å². The molecule has 4 nitrogen and oxygen atoms in total. The van der Waals surface area contributed by atoms with Crippen LogP contribution in [0.5, 0.6) is 0 Å². The van der Waals surface area contributed by atoms with Crippen LogP contribution in [-0.2, 0) is 4.79 Å². The van der Waals surface area contributed by atoms with Gasteiger partial charge in [0.05, 0.1) is 0 Å². The molecule has 120 valence electrons. The summed E-state index contributed by atoms with van der Waals surface area (Å²) < 4.78 is 0. The van der Waals surface area contributed by atoms with E-state index in [2.05, 4.69) is 12.2 Å². The lowest BCUT2D eigenvalue weighted by molar-refractivity contribution is -0.123. The van der Waals surface area contributed by atoms with Gasteiger partial charge in [-0.15, -0.1) is 0 Å². The minimum atomic E-state index is -0.455. The number of rotatable bonds is 2. The molecule has 0 aliphatic carbocycles. The standard InChI is InChI=1S/C18H26N2O2/c1-13-8-10-20(11-9-13)16(21)14-6-5-7-15(12-14)19-17(22)18(2,3)4/h5-7,12-13H,8-11H2,1-4H3,(H,19,22). The lowest BCUT2D eigenvalue weighted by atomic mass is 9.95. The molecule has 1 heterocycles. The van der Waals surface area contributed by atoms with Gasteiger partial charge in [0.1, 0.15) is 0 Å². The van der Waals surface area contributed by atoms with Gasteiger partial charge in [-0.05, 0) is 37.0 Å². The largest absolute Gasteiger partial charge is 0.339 e. The first kappa shape index (κ1) is 16.5. The Kier molecular flexibility index (Phi) is 4.89. The number of benzene rings is 1. The maximum absolute atomic E-state index is 12.6. The van der Waals surface area contributed by atoms with Gasteiger partial charge >= 0.3 is 0 Å². The summed E-state index contributed by atoms with van der Waals surface area (Å²) in [6.45, 7) is 9.46. The summed E-state index contributed by atoms with van der Waals surface area (Å²) in [7, 11) is 0. The summed E-state index contributed by atoms with van der Waals surface area (Å²) in [5, 5.41) is 2.88. The van der Waals surface area contributed by atoms with Crippen LogP contribution in [0.25, 0.3) is 0 Å². The van der Waals surface area contributed by atoms with Gasteiger partial charge in [-0.25, -0.2) is 0 Å². The van der Waals surface area contributed by atoms with E-state index in [0.29, 0.717) is 17.2 Å². The second kappa shape index (κ2) is 6.51. The monoisotopic (exact) mass is 302 g/mol. The summed E-state index contributed by atoms with van der Waals surface area (Å²) in [5.41, 5.74) is 0.862. The smallest absolute Gasteiger partial charge is 0.253 e. The molecule has 0 bridgehead atoms. The lowest BCUT2D eigenvalue weighted by Crippen LogP contribution is -2.37. The summed E-state index contributed by atoms with van der Waals surface area (Å²) >= 11 is 0. The van der Waals surface area contributed by atoms with Crippen LogP contribution in [0.4, 0.5) is 5.69 Å². The van der Waals surface area contributed by atoms with Gasteiger partial charge in [0, 0.05) is 29.8 Å². The molecule has 0 saturated carbocycles. The zero-order valence-electron chi connectivity index (χ0n) is 14.0. The number of carbonyl (C=O) groups excluding carboxylic acids is 2. The van der Waals surface area contributed by atoms with Gasteiger partial charge < -0.3 is 10.2 Å². The van der Waals surface area contributed by atoms with E-state index in [0.717, 1.165) is 25.9 Å². The van der Waals surface area contributed by atoms with E-state index < -0.39 is 5.41 Å². The molecule has 22 heavy (non-hydrogen) atoms. The van der Waals surface area contributed by atoms with Gasteiger partial charge in [0.15, 0.2) is 0 Å². The third kappa shape index (κ3) is 4.09. The van der Waals surface area contributed by atoms with Crippen molar-refractivity contribution in [1.82, 2.24) is 4.90 Å². The van der Waals surface area contributed by atoms with E-state index in [1.165, 1.54) is 0 Å². The fourth-order valence-electron chi connectivity index (χ4n) is 2.44. The average molecular weight is 302 g/mol. The number of amides is 2. The molecular formula is C18H26N2O2. The topological polar surface area (TPSA) is 49.4 Å². The van der Waals surface area contributed by atoms with Crippen molar-refractivity contribution >= 4 is 17.5 Å². The highest BCUT2D eigenvalue weighted by Gasteiger charge is 2.23. The lowest BCUT2D eigenvalue weighted by Gasteiger charge is -2.30. The van der Waals surface area contributed by atoms with Crippen molar-refractivity contribution < 1.29 is 9.59 Å². The normalized spacial score (nSPS) is 16.5. The Labute approximate surface area is 132 Å². The van der Waals surface area contributed by atoms with Crippen molar-refractivity contribution in [2.45, 2.75) is 40.5 Å². The highest BCUT2D eigenvalue weighted by atomic mass is 16.2. The van der Waals surface area contributed by atoms with Crippen molar-refractivity contribution in [3.8, 4) is 0 Å². The first-order chi connectivity index (χ1) is 10.3. The molecule has 0 unspecified atom stereocenters. The molecule has 4 heteroatoms. The Hall–Kier alpha value is -1.84. The molecule has 1 aliphatic heterocycles. The van der Waals surface area contributed by atoms with Crippen LogP contribution < -0.4 is 5.32 Å². The number of hydrogen-bond acceptors (Lipinski definition) is 2. The maximum Gasteiger partial charge on any atom is 0.253 e. The number of carbonyl (C=O) groups is 2. The Morgan fingerprint density at radius 2 is 1.82 bits per heavy atom. The molecule has 1 aromatic carbocycles. The SMILES string of the molecule is CC1CCN(C(=O)c2cccc(NC(=O)C(C)(C)C)c2)CC1. The molecule has 1 N–H and O–H groups in total. The van der Waals surface area contributed by atoms with Crippen LogP contribution in [0.15, 0.2) is 24.3 Å². The summed E-state index contributed by atoms with van der Waals surface area (Å²) in [4.78, 5) is 26.5. The fraction of sp³-hybridized carbons (Fsp3) is 0.556. The highest BCUT2D eigenvalue weighted by Crippen LogP contribution is 2.21. The van der Waals surface area contributed by atoms with Crippen LogP contribution in [0.1, 0.15) is 50.9 Å². The van der Waals surface area contributed by atoms with Gasteiger partial charge in [-0.3, -0.25) is 9.59 Å². The summed E-state index contributed by atoms with van der Waals surface area (Å²) in [6, 6.07) is 7.22. The number of anilines is 1. The minimum Gasteiger partial charge on any atom is -0.339 e. The van der Waals surface area contributed by atoms with E-state index in [4.69, 9.17) is 0 Å². The number of piperidine rings is 1. The van der Waals surface area contributed by atoms with Gasteiger partial charge in [0.2, 0.25) is 5.91 Å². The Morgan fingerprint density at radius 1 is 1.18 bits per heavy atom. The Balaban J connectivity index is 2.08. The average Bonchev–Trinajstić information content (AvgIpc) is 2.46. The first-order valence-electron chi connectivity index (χ1n) is 7.98. The van der Waals surface area contributed by atoms with Gasteiger partial charge in [-0.2, -0.15) is 0 Å². The third-order valence-corrected chi connectivity index (χ3v) is 4.12. The van der Waals surface area contributed by atoms with Crippen molar-refractivity contribution in [1.29, 1.82) is 0 Å². The fourth-order valence-corrected chi connectivity index (χ4v) is 2.44. The molecule has 0 radical (unpaired) electrons. The van der Waals surface area contributed by atoms with E-state index in [1.807, 2.05) is 43.9 Å². The van der Waals surface area contributed by atoms with E-state index in [9.17, 15) is 9.59 Å². The highest BCUT2D eigenvalue weighted by molar-refractivity contribution is 5.98. The van der Waals surface area contributed by atoms with E-state index in [1.54, 1.807) is 6.07 Å². The molecule has 0 aromatic heterocycles. The number of nitrogens with zero attached hydrogens (tertiary/aromatic N) is 1. The molecule has 1 aliphatic rings. The molecule has 1 aromatic rings. The van der Waals surface area contributed by atoms with E-state index >= 15 is 0 Å². The van der Waals surface area contributed by atoms with Gasteiger partial charge in [0.25, 0.3) is 5.91 Å². The first-order valence-corrected chi connectivity index (χ1v) is 7.98. The second-order valence-corrected chi connectivity index (χ2v) is 7.26. The summed E-state index contributed by atoms with van der Waals surface area (Å²) in [5.74, 6) is 0.698. The molecule has 1 saturated heterocycles. The maximum atomic E-state index is 12.6. The van der Waals surface area contributed by atoms with Crippen molar-refractivity contribution in [3.63, 3.8) is 0 Å². The zero-order valence-corrected chi connectivity index (χ0v) is 14.0. The molecule has 0 spiro atoms. The zero-order chi connectivity index (χ0) is 16.3. The second-order valence-electron chi connectivity index (χ2n) is 7.26. The number of likely N-dealkylation sites (tertiary alicyclic amines) is 1. The minimum absolute atomic E-state index is 0.0519. The quantitative estimate of drug-likeness (QED) is 0.908. The van der Waals surface area contributed by atoms with E-state index in [-0.39, 0.29) is 11.8 Å². The number of hydrogen-bond donors (Lipinski definition) is 1.